The summed E-state index contributed by atoms with van der Waals surface area (Å²) in [5.41, 5.74) is 2.02. The molecule has 14 nitrogen and oxygen atoms in total. The van der Waals surface area contributed by atoms with E-state index >= 15 is 0 Å². The van der Waals surface area contributed by atoms with Gasteiger partial charge in [-0.3, -0.25) is 28.2 Å². The molecule has 1 aromatic carbocycles. The van der Waals surface area contributed by atoms with Gasteiger partial charge < -0.3 is 35.3 Å². The van der Waals surface area contributed by atoms with E-state index in [9.17, 15) is 28.6 Å². The number of phosphoric acid groups is 1. The highest BCUT2D eigenvalue weighted by Crippen LogP contribution is 2.43. The number of amides is 3. The molecule has 0 fully saturated rings. The Morgan fingerprint density at radius 2 is 1.18 bits per heavy atom. The number of aromatic nitrogens is 1. The normalized spacial score (nSPS) is 14.1. The van der Waals surface area contributed by atoms with Gasteiger partial charge in [0.15, 0.2) is 0 Å². The second kappa shape index (κ2) is 42.9. The summed E-state index contributed by atoms with van der Waals surface area (Å²) in [5.74, 6) is -1.20. The van der Waals surface area contributed by atoms with Gasteiger partial charge in [-0.1, -0.05) is 200 Å². The number of hydrogen-bond acceptors (Lipinski definition) is 9. The number of nitrogens with one attached hydrogen (secondary N) is 4. The van der Waals surface area contributed by atoms with Gasteiger partial charge in [-0.25, -0.2) is 4.57 Å². The number of aromatic amines is 1. The van der Waals surface area contributed by atoms with Gasteiger partial charge in [-0.15, -0.1) is 0 Å². The van der Waals surface area contributed by atoms with Crippen LogP contribution in [0.2, 0.25) is 0 Å². The molecule has 2 rings (SSSR count). The fraction of sp³-hybridized carbons (Fsp3) is 0.793. The molecular weight excluding hydrogens is 944 g/mol. The summed E-state index contributed by atoms with van der Waals surface area (Å²) in [6.45, 7) is 9.98. The molecule has 0 radical (unpaired) electrons. The van der Waals surface area contributed by atoms with Crippen LogP contribution in [-0.2, 0) is 48.7 Å². The van der Waals surface area contributed by atoms with E-state index in [1.54, 1.807) is 0 Å². The van der Waals surface area contributed by atoms with Gasteiger partial charge in [0.2, 0.25) is 17.7 Å². The highest BCUT2D eigenvalue weighted by Gasteiger charge is 2.28. The van der Waals surface area contributed by atoms with E-state index in [4.69, 9.17) is 18.5 Å². The van der Waals surface area contributed by atoms with E-state index in [0.717, 1.165) is 93.5 Å². The molecule has 2 aromatic rings. The number of carbonyl (C=O) groups is 4. The quantitative estimate of drug-likeness (QED) is 0.0242. The average Bonchev–Trinajstić information content (AvgIpc) is 3.80. The molecule has 5 N–H and O–H groups in total. The molecule has 0 aliphatic carbocycles. The van der Waals surface area contributed by atoms with Gasteiger partial charge in [0.05, 0.1) is 32.5 Å². The Kier molecular flexibility index (Phi) is 38.7. The predicted octanol–water partition coefficient (Wildman–Crippen LogP) is 13.7. The number of aryl methyl sites for hydroxylation is 1. The average molecular weight is 1050 g/mol. The van der Waals surface area contributed by atoms with Crippen LogP contribution in [0.5, 0.6) is 0 Å². The lowest BCUT2D eigenvalue weighted by Crippen LogP contribution is -2.50. The first-order valence-electron chi connectivity index (χ1n) is 29.2. The van der Waals surface area contributed by atoms with E-state index < -0.39 is 25.8 Å². The lowest BCUT2D eigenvalue weighted by atomic mass is 9.98. The molecule has 420 valence electrons. The van der Waals surface area contributed by atoms with Crippen molar-refractivity contribution in [3.63, 3.8) is 0 Å². The molecule has 0 aliphatic rings. The van der Waals surface area contributed by atoms with Crippen LogP contribution in [0, 0.1) is 5.92 Å². The maximum absolute atomic E-state index is 13.3. The Bertz CT molecular complexity index is 1780. The lowest BCUT2D eigenvalue weighted by Gasteiger charge is -2.24. The highest BCUT2D eigenvalue weighted by atomic mass is 31.2. The number of unbranched alkanes of at least 4 members (excludes halogenated alkanes) is 22. The highest BCUT2D eigenvalue weighted by molar-refractivity contribution is 7.47. The SMILES string of the molecule is CCCCCCCCCCCCCC(=O)N[C@H](COCC[C@@H](CCCCCCC)OC(=O)CCCCCCCCCCC)COP(=O)(O)OCCNC(=O)[C@@H](NC(=O)CCc1c[nH]c2ccccc12)[C@@H](C)CC. The van der Waals surface area contributed by atoms with E-state index in [0.29, 0.717) is 32.1 Å². The summed E-state index contributed by atoms with van der Waals surface area (Å²) in [7, 11) is -4.62. The van der Waals surface area contributed by atoms with Crippen LogP contribution in [0.15, 0.2) is 30.5 Å². The molecule has 3 amide bonds. The van der Waals surface area contributed by atoms with E-state index in [-0.39, 0.29) is 69.2 Å². The third-order valence-electron chi connectivity index (χ3n) is 13.9. The Hall–Kier alpha value is -3.29. The zero-order valence-corrected chi connectivity index (χ0v) is 47.3. The first-order chi connectivity index (χ1) is 35.4. The van der Waals surface area contributed by atoms with Crippen molar-refractivity contribution in [1.82, 2.24) is 20.9 Å². The van der Waals surface area contributed by atoms with Gasteiger partial charge in [0, 0.05) is 49.3 Å². The van der Waals surface area contributed by atoms with Crippen LogP contribution < -0.4 is 16.0 Å². The van der Waals surface area contributed by atoms with Gasteiger partial charge >= 0.3 is 13.8 Å². The maximum atomic E-state index is 13.3. The molecule has 1 aromatic heterocycles. The summed E-state index contributed by atoms with van der Waals surface area (Å²) >= 11 is 0. The number of ether oxygens (including phenoxy) is 2. The van der Waals surface area contributed by atoms with Gasteiger partial charge in [0.25, 0.3) is 0 Å². The van der Waals surface area contributed by atoms with Crippen molar-refractivity contribution in [3.05, 3.63) is 36.0 Å². The summed E-state index contributed by atoms with van der Waals surface area (Å²) in [5, 5.41) is 9.62. The molecule has 0 aliphatic heterocycles. The summed E-state index contributed by atoms with van der Waals surface area (Å²) in [6, 6.07) is 6.35. The molecule has 1 heterocycles. The van der Waals surface area contributed by atoms with Crippen molar-refractivity contribution in [3.8, 4) is 0 Å². The number of esters is 1. The molecule has 73 heavy (non-hydrogen) atoms. The molecule has 0 bridgehead atoms. The molecular formula is C58H103N4O10P. The third-order valence-corrected chi connectivity index (χ3v) is 14.9. The van der Waals surface area contributed by atoms with Crippen molar-refractivity contribution in [2.24, 2.45) is 5.92 Å². The molecule has 0 spiro atoms. The monoisotopic (exact) mass is 1050 g/mol. The Morgan fingerprint density at radius 3 is 1.78 bits per heavy atom. The fourth-order valence-electron chi connectivity index (χ4n) is 9.08. The maximum Gasteiger partial charge on any atom is 0.472 e. The van der Waals surface area contributed by atoms with Crippen LogP contribution in [0.3, 0.4) is 0 Å². The predicted molar refractivity (Wildman–Crippen MR) is 296 cm³/mol. The minimum atomic E-state index is -4.62. The number of phosphoric ester groups is 1. The third kappa shape index (κ3) is 33.4. The topological polar surface area (TPSA) is 194 Å². The minimum Gasteiger partial charge on any atom is -0.462 e. The standard InChI is InChI=1S/C58H103N4O10P/c1-6-10-13-16-18-20-21-23-24-27-30-37-54(63)61-50(46-69-43-41-51(34-29-26-15-12-8-3)72-56(65)38-31-28-25-22-19-17-14-11-7-2)47-71-73(67,68)70-44-42-59-58(66)57(48(5)9-4)62-55(64)40-39-49-45-60-53-36-33-32-35-52(49)53/h32-33,35-36,45,48,50-51,57,60H,6-31,34,37-44,46-47H2,1-5H3,(H,59,66)(H,61,63)(H,62,64)(H,67,68)/t48-,50+,51+,57-/m0/s1. The molecule has 1 unspecified atom stereocenters. The number of hydrogen-bond donors (Lipinski definition) is 5. The van der Waals surface area contributed by atoms with Gasteiger partial charge in [-0.05, 0) is 49.7 Å². The molecule has 15 heteroatoms. The second-order valence-corrected chi connectivity index (χ2v) is 21.9. The number of para-hydroxylation sites is 1. The molecule has 0 saturated heterocycles. The molecule has 0 saturated carbocycles. The van der Waals surface area contributed by atoms with Crippen molar-refractivity contribution in [1.29, 1.82) is 0 Å². The Labute approximate surface area is 442 Å². The van der Waals surface area contributed by atoms with Crippen molar-refractivity contribution >= 4 is 42.4 Å². The minimum absolute atomic E-state index is 0.0141. The first kappa shape index (κ1) is 65.8. The smallest absolute Gasteiger partial charge is 0.462 e. The Morgan fingerprint density at radius 1 is 0.630 bits per heavy atom. The number of carbonyl (C=O) groups excluding carboxylic acids is 4. The number of fused-ring (bicyclic) bond motifs is 1. The van der Waals surface area contributed by atoms with E-state index in [1.165, 1.54) is 89.9 Å². The fourth-order valence-corrected chi connectivity index (χ4v) is 9.85. The van der Waals surface area contributed by atoms with Gasteiger partial charge in [0.1, 0.15) is 12.1 Å². The van der Waals surface area contributed by atoms with E-state index in [1.807, 2.05) is 44.3 Å². The van der Waals surface area contributed by atoms with Crippen LogP contribution in [0.4, 0.5) is 0 Å². The zero-order valence-electron chi connectivity index (χ0n) is 46.4. The molecule has 5 atom stereocenters. The second-order valence-electron chi connectivity index (χ2n) is 20.5. The van der Waals surface area contributed by atoms with Crippen molar-refractivity contribution in [2.45, 2.75) is 258 Å². The summed E-state index contributed by atoms with van der Waals surface area (Å²) in [6.07, 6.45) is 33.9. The zero-order chi connectivity index (χ0) is 53.2. The number of benzene rings is 1. The number of H-pyrrole nitrogens is 1. The van der Waals surface area contributed by atoms with Crippen LogP contribution in [-0.4, -0.2) is 84.7 Å². The van der Waals surface area contributed by atoms with Crippen LogP contribution >= 0.6 is 7.82 Å². The summed E-state index contributed by atoms with van der Waals surface area (Å²) < 4.78 is 35.8. The first-order valence-corrected chi connectivity index (χ1v) is 30.7. The van der Waals surface area contributed by atoms with Crippen molar-refractivity contribution in [2.75, 3.05) is 33.0 Å². The lowest BCUT2D eigenvalue weighted by molar-refractivity contribution is -0.150. The van der Waals surface area contributed by atoms with Crippen LogP contribution in [0.1, 0.15) is 239 Å². The number of rotatable bonds is 49. The van der Waals surface area contributed by atoms with Crippen LogP contribution in [0.25, 0.3) is 10.9 Å². The largest absolute Gasteiger partial charge is 0.472 e. The Balaban J connectivity index is 1.92. The van der Waals surface area contributed by atoms with Crippen molar-refractivity contribution < 1.29 is 47.2 Å². The van der Waals surface area contributed by atoms with Gasteiger partial charge in [-0.2, -0.15) is 0 Å². The summed E-state index contributed by atoms with van der Waals surface area (Å²) in [4.78, 5) is 66.4. The van der Waals surface area contributed by atoms with E-state index in [2.05, 4.69) is 41.7 Å².